The number of hydrogen-bond acceptors (Lipinski definition) is 3. The van der Waals surface area contributed by atoms with Crippen LogP contribution in [0.5, 0.6) is 0 Å². The van der Waals surface area contributed by atoms with Gasteiger partial charge in [0.15, 0.2) is 0 Å². The number of rotatable bonds is 3. The predicted octanol–water partition coefficient (Wildman–Crippen LogP) is 1.46. The molecule has 2 saturated heterocycles. The standard InChI is InChI=1S/C16H27N3O3/c1-11-5-7-18(10-11)15(22)17-6-8-19-13(20)9-12(14(19)21)16(2,3)4/h11-12H,5-10H2,1-4H3,(H,17,22)/t11-,12?/m1/s1. The van der Waals surface area contributed by atoms with Crippen LogP contribution in [0.2, 0.25) is 0 Å². The maximum absolute atomic E-state index is 12.3. The molecule has 0 radical (unpaired) electrons. The molecule has 0 aromatic heterocycles. The lowest BCUT2D eigenvalue weighted by Gasteiger charge is -2.25. The molecule has 0 saturated carbocycles. The Kier molecular flexibility index (Phi) is 4.78. The van der Waals surface area contributed by atoms with Gasteiger partial charge < -0.3 is 10.2 Å². The summed E-state index contributed by atoms with van der Waals surface area (Å²) in [6, 6.07) is -0.101. The highest BCUT2D eigenvalue weighted by molar-refractivity contribution is 6.03. The first-order valence-electron chi connectivity index (χ1n) is 8.07. The quantitative estimate of drug-likeness (QED) is 0.802. The van der Waals surface area contributed by atoms with Gasteiger partial charge in [0.2, 0.25) is 11.8 Å². The van der Waals surface area contributed by atoms with Crippen molar-refractivity contribution in [3.8, 4) is 0 Å². The van der Waals surface area contributed by atoms with Crippen LogP contribution in [0, 0.1) is 17.3 Å². The molecule has 2 aliphatic heterocycles. The van der Waals surface area contributed by atoms with Crippen molar-refractivity contribution >= 4 is 17.8 Å². The van der Waals surface area contributed by atoms with Gasteiger partial charge in [-0.25, -0.2) is 4.79 Å². The van der Waals surface area contributed by atoms with Crippen LogP contribution in [0.15, 0.2) is 0 Å². The van der Waals surface area contributed by atoms with E-state index in [0.717, 1.165) is 19.5 Å². The Balaban J connectivity index is 1.81. The minimum Gasteiger partial charge on any atom is -0.336 e. The summed E-state index contributed by atoms with van der Waals surface area (Å²) in [5.41, 5.74) is -0.212. The normalized spacial score (nSPS) is 26.0. The zero-order valence-electron chi connectivity index (χ0n) is 14.0. The van der Waals surface area contributed by atoms with Crippen molar-refractivity contribution in [3.63, 3.8) is 0 Å². The Morgan fingerprint density at radius 2 is 2.00 bits per heavy atom. The summed E-state index contributed by atoms with van der Waals surface area (Å²) in [5.74, 6) is 0.0469. The van der Waals surface area contributed by atoms with E-state index in [0.29, 0.717) is 12.5 Å². The average molecular weight is 309 g/mol. The van der Waals surface area contributed by atoms with Gasteiger partial charge in [0, 0.05) is 32.6 Å². The average Bonchev–Trinajstić information content (AvgIpc) is 2.95. The van der Waals surface area contributed by atoms with Gasteiger partial charge in [-0.15, -0.1) is 0 Å². The van der Waals surface area contributed by atoms with Crippen LogP contribution in [-0.4, -0.2) is 53.8 Å². The summed E-state index contributed by atoms with van der Waals surface area (Å²) in [6.45, 7) is 10.2. The fraction of sp³-hybridized carbons (Fsp3) is 0.812. The van der Waals surface area contributed by atoms with Crippen molar-refractivity contribution in [2.24, 2.45) is 17.3 Å². The minimum atomic E-state index is -0.255. The third kappa shape index (κ3) is 3.59. The molecule has 2 aliphatic rings. The molecule has 1 N–H and O–H groups in total. The number of carbonyl (C=O) groups excluding carboxylic acids is 3. The summed E-state index contributed by atoms with van der Waals surface area (Å²) >= 11 is 0. The largest absolute Gasteiger partial charge is 0.336 e. The van der Waals surface area contributed by atoms with Crippen LogP contribution in [0.4, 0.5) is 4.79 Å². The molecule has 2 fully saturated rings. The number of amides is 4. The molecule has 6 nitrogen and oxygen atoms in total. The smallest absolute Gasteiger partial charge is 0.317 e. The SMILES string of the molecule is C[C@@H]1CCN(C(=O)NCCN2C(=O)CC(C(C)(C)C)C2=O)C1. The van der Waals surface area contributed by atoms with E-state index < -0.39 is 0 Å². The molecule has 1 unspecified atom stereocenters. The molecule has 2 heterocycles. The Bertz CT molecular complexity index is 470. The van der Waals surface area contributed by atoms with Crippen molar-refractivity contribution in [2.75, 3.05) is 26.2 Å². The van der Waals surface area contributed by atoms with Crippen molar-refractivity contribution < 1.29 is 14.4 Å². The summed E-state index contributed by atoms with van der Waals surface area (Å²) in [7, 11) is 0. The Morgan fingerprint density at radius 3 is 2.50 bits per heavy atom. The Morgan fingerprint density at radius 1 is 1.32 bits per heavy atom. The number of nitrogens with zero attached hydrogens (tertiary/aromatic N) is 2. The third-order valence-electron chi connectivity index (χ3n) is 4.61. The number of carbonyl (C=O) groups is 3. The molecule has 0 aromatic rings. The predicted molar refractivity (Wildman–Crippen MR) is 83.0 cm³/mol. The molecule has 2 rings (SSSR count). The van der Waals surface area contributed by atoms with Crippen LogP contribution in [0.1, 0.15) is 40.5 Å². The second kappa shape index (κ2) is 6.26. The molecule has 6 heteroatoms. The first kappa shape index (κ1) is 16.8. The molecule has 2 atom stereocenters. The number of likely N-dealkylation sites (tertiary alicyclic amines) is 2. The second-order valence-electron chi connectivity index (χ2n) is 7.58. The monoisotopic (exact) mass is 309 g/mol. The van der Waals surface area contributed by atoms with Crippen molar-refractivity contribution in [3.05, 3.63) is 0 Å². The van der Waals surface area contributed by atoms with Crippen molar-refractivity contribution in [1.82, 2.24) is 15.1 Å². The highest BCUT2D eigenvalue weighted by atomic mass is 16.2. The van der Waals surface area contributed by atoms with Crippen LogP contribution < -0.4 is 5.32 Å². The maximum atomic E-state index is 12.3. The van der Waals surface area contributed by atoms with Crippen LogP contribution >= 0.6 is 0 Å². The van der Waals surface area contributed by atoms with E-state index >= 15 is 0 Å². The highest BCUT2D eigenvalue weighted by Crippen LogP contribution is 2.35. The van der Waals surface area contributed by atoms with E-state index in [1.807, 2.05) is 20.8 Å². The van der Waals surface area contributed by atoms with E-state index in [4.69, 9.17) is 0 Å². The lowest BCUT2D eigenvalue weighted by Crippen LogP contribution is -2.43. The molecule has 0 bridgehead atoms. The van der Waals surface area contributed by atoms with Gasteiger partial charge in [-0.05, 0) is 17.8 Å². The Labute approximate surface area is 132 Å². The zero-order valence-corrected chi connectivity index (χ0v) is 14.0. The summed E-state index contributed by atoms with van der Waals surface area (Å²) < 4.78 is 0. The third-order valence-corrected chi connectivity index (χ3v) is 4.61. The lowest BCUT2D eigenvalue weighted by molar-refractivity contribution is -0.140. The number of nitrogens with one attached hydrogen (secondary N) is 1. The fourth-order valence-electron chi connectivity index (χ4n) is 3.10. The Hall–Kier alpha value is -1.59. The molecule has 0 aromatic carbocycles. The number of hydrogen-bond donors (Lipinski definition) is 1. The molecule has 4 amide bonds. The summed E-state index contributed by atoms with van der Waals surface area (Å²) in [4.78, 5) is 39.4. The van der Waals surface area contributed by atoms with E-state index in [1.165, 1.54) is 4.90 Å². The lowest BCUT2D eigenvalue weighted by atomic mass is 9.80. The van der Waals surface area contributed by atoms with Gasteiger partial charge in [-0.3, -0.25) is 14.5 Å². The topological polar surface area (TPSA) is 69.7 Å². The first-order chi connectivity index (χ1) is 10.2. The summed E-state index contributed by atoms with van der Waals surface area (Å²) in [5, 5.41) is 2.81. The van der Waals surface area contributed by atoms with E-state index in [1.54, 1.807) is 4.90 Å². The van der Waals surface area contributed by atoms with E-state index in [2.05, 4.69) is 12.2 Å². The summed E-state index contributed by atoms with van der Waals surface area (Å²) in [6.07, 6.45) is 1.31. The first-order valence-corrected chi connectivity index (χ1v) is 8.07. The van der Waals surface area contributed by atoms with Gasteiger partial charge in [0.1, 0.15) is 0 Å². The molecular weight excluding hydrogens is 282 g/mol. The van der Waals surface area contributed by atoms with E-state index in [-0.39, 0.29) is 42.1 Å². The van der Waals surface area contributed by atoms with Gasteiger partial charge >= 0.3 is 6.03 Å². The van der Waals surface area contributed by atoms with Crippen molar-refractivity contribution in [1.29, 1.82) is 0 Å². The van der Waals surface area contributed by atoms with Gasteiger partial charge in [0.05, 0.1) is 5.92 Å². The van der Waals surface area contributed by atoms with E-state index in [9.17, 15) is 14.4 Å². The minimum absolute atomic E-state index is 0.101. The van der Waals surface area contributed by atoms with Crippen LogP contribution in [0.3, 0.4) is 0 Å². The molecule has 0 aliphatic carbocycles. The molecule has 0 spiro atoms. The molecule has 22 heavy (non-hydrogen) atoms. The highest BCUT2D eigenvalue weighted by Gasteiger charge is 2.44. The maximum Gasteiger partial charge on any atom is 0.317 e. The van der Waals surface area contributed by atoms with Gasteiger partial charge in [-0.2, -0.15) is 0 Å². The van der Waals surface area contributed by atoms with Crippen LogP contribution in [-0.2, 0) is 9.59 Å². The molecular formula is C16H27N3O3. The van der Waals surface area contributed by atoms with Gasteiger partial charge in [0.25, 0.3) is 0 Å². The zero-order chi connectivity index (χ0) is 16.5. The van der Waals surface area contributed by atoms with Crippen molar-refractivity contribution in [2.45, 2.75) is 40.5 Å². The second-order valence-corrected chi connectivity index (χ2v) is 7.58. The number of imide groups is 1. The van der Waals surface area contributed by atoms with Gasteiger partial charge in [-0.1, -0.05) is 27.7 Å². The van der Waals surface area contributed by atoms with Crippen LogP contribution in [0.25, 0.3) is 0 Å². The number of urea groups is 1. The fourth-order valence-corrected chi connectivity index (χ4v) is 3.10. The molecule has 124 valence electrons.